The fourth-order valence-electron chi connectivity index (χ4n) is 3.12. The number of rotatable bonds is 7. The van der Waals surface area contributed by atoms with E-state index in [0.29, 0.717) is 24.6 Å². The van der Waals surface area contributed by atoms with Crippen LogP contribution >= 0.6 is 11.3 Å². The summed E-state index contributed by atoms with van der Waals surface area (Å²) in [5.41, 5.74) is 0.828. The van der Waals surface area contributed by atoms with E-state index in [4.69, 9.17) is 4.74 Å². The first-order valence-electron chi connectivity index (χ1n) is 8.85. The van der Waals surface area contributed by atoms with Crippen LogP contribution in [0.2, 0.25) is 0 Å². The van der Waals surface area contributed by atoms with E-state index in [1.54, 1.807) is 6.20 Å². The molecular weight excluding hydrogens is 350 g/mol. The lowest BCUT2D eigenvalue weighted by atomic mass is 10.2. The highest BCUT2D eigenvalue weighted by Gasteiger charge is 2.29. The maximum Gasteiger partial charge on any atom is 0.320 e. The first-order valence-corrected chi connectivity index (χ1v) is 9.66. The van der Waals surface area contributed by atoms with Gasteiger partial charge in [-0.25, -0.2) is 0 Å². The Morgan fingerprint density at radius 1 is 1.35 bits per heavy atom. The molecule has 1 aliphatic heterocycles. The van der Waals surface area contributed by atoms with Gasteiger partial charge in [0.1, 0.15) is 0 Å². The fourth-order valence-corrected chi connectivity index (χ4v) is 4.22. The Kier molecular flexibility index (Phi) is 6.35. The first-order chi connectivity index (χ1) is 12.7. The third-order valence-corrected chi connectivity index (χ3v) is 5.52. The average Bonchev–Trinajstić information content (AvgIpc) is 3.30. The molecular formula is C19H23N3O3S. The number of likely N-dealkylation sites (tertiary alicyclic amines) is 1. The van der Waals surface area contributed by atoms with Crippen LogP contribution in [0.15, 0.2) is 36.5 Å². The van der Waals surface area contributed by atoms with Crippen molar-refractivity contribution in [2.75, 3.05) is 19.7 Å². The summed E-state index contributed by atoms with van der Waals surface area (Å²) in [5.74, 6) is -0.286. The van der Waals surface area contributed by atoms with E-state index in [1.807, 2.05) is 37.3 Å². The Bertz CT molecular complexity index is 747. The molecule has 0 aliphatic carbocycles. The topological polar surface area (TPSA) is 71.5 Å². The number of nitrogens with one attached hydrogen (secondary N) is 1. The van der Waals surface area contributed by atoms with Crippen LogP contribution in [-0.2, 0) is 16.1 Å². The standard InChI is InChI=1S/C19H23N3O3S/c1-2-25-18(23)13-22-11-5-7-15(22)16-8-9-17(26-16)19(24)21-12-14-6-3-4-10-20-14/h3-4,6,8-10,15H,2,5,7,11-13H2,1H3,(H,21,24)/t15-/m1/s1. The number of hydrogen-bond acceptors (Lipinski definition) is 6. The molecule has 1 amide bonds. The molecule has 0 saturated carbocycles. The van der Waals surface area contributed by atoms with Crippen molar-refractivity contribution in [1.29, 1.82) is 0 Å². The number of aromatic nitrogens is 1. The van der Waals surface area contributed by atoms with E-state index >= 15 is 0 Å². The van der Waals surface area contributed by atoms with Crippen LogP contribution < -0.4 is 5.32 Å². The quantitative estimate of drug-likeness (QED) is 0.756. The molecule has 7 heteroatoms. The average molecular weight is 373 g/mol. The number of ether oxygens (including phenoxy) is 1. The van der Waals surface area contributed by atoms with Crippen molar-refractivity contribution >= 4 is 23.2 Å². The van der Waals surface area contributed by atoms with E-state index < -0.39 is 0 Å². The highest BCUT2D eigenvalue weighted by molar-refractivity contribution is 7.14. The van der Waals surface area contributed by atoms with Gasteiger partial charge in [0.15, 0.2) is 0 Å². The van der Waals surface area contributed by atoms with Gasteiger partial charge in [-0.2, -0.15) is 0 Å². The number of carbonyl (C=O) groups excluding carboxylic acids is 2. The van der Waals surface area contributed by atoms with Gasteiger partial charge in [-0.15, -0.1) is 11.3 Å². The first kappa shape index (κ1) is 18.5. The van der Waals surface area contributed by atoms with Crippen molar-refractivity contribution in [1.82, 2.24) is 15.2 Å². The van der Waals surface area contributed by atoms with Crippen LogP contribution in [0.4, 0.5) is 0 Å². The molecule has 0 aromatic carbocycles. The molecule has 1 saturated heterocycles. The largest absolute Gasteiger partial charge is 0.465 e. The molecule has 1 N–H and O–H groups in total. The van der Waals surface area contributed by atoms with Gasteiger partial charge >= 0.3 is 5.97 Å². The molecule has 2 aromatic rings. The van der Waals surface area contributed by atoms with Gasteiger partial charge in [0, 0.05) is 17.1 Å². The molecule has 26 heavy (non-hydrogen) atoms. The van der Waals surface area contributed by atoms with Gasteiger partial charge in [-0.1, -0.05) is 6.07 Å². The predicted molar refractivity (Wildman–Crippen MR) is 99.9 cm³/mol. The number of hydrogen-bond donors (Lipinski definition) is 1. The van der Waals surface area contributed by atoms with Gasteiger partial charge in [0.25, 0.3) is 5.91 Å². The minimum absolute atomic E-state index is 0.0955. The van der Waals surface area contributed by atoms with Crippen molar-refractivity contribution in [3.8, 4) is 0 Å². The Morgan fingerprint density at radius 3 is 3.00 bits per heavy atom. The molecule has 1 aliphatic rings. The Morgan fingerprint density at radius 2 is 2.23 bits per heavy atom. The molecule has 0 radical (unpaired) electrons. The SMILES string of the molecule is CCOC(=O)CN1CCC[C@@H]1c1ccc(C(=O)NCc2ccccn2)s1. The molecule has 2 aromatic heterocycles. The van der Waals surface area contributed by atoms with Gasteiger partial charge < -0.3 is 10.1 Å². The van der Waals surface area contributed by atoms with Crippen LogP contribution in [0.5, 0.6) is 0 Å². The van der Waals surface area contributed by atoms with Crippen molar-refractivity contribution in [3.05, 3.63) is 52.0 Å². The molecule has 6 nitrogen and oxygen atoms in total. The number of amides is 1. The lowest BCUT2D eigenvalue weighted by molar-refractivity contribution is -0.144. The molecule has 138 valence electrons. The lowest BCUT2D eigenvalue weighted by Gasteiger charge is -2.22. The third-order valence-electron chi connectivity index (χ3n) is 4.34. The molecule has 0 bridgehead atoms. The Hall–Kier alpha value is -2.25. The molecule has 3 rings (SSSR count). The van der Waals surface area contributed by atoms with Crippen molar-refractivity contribution < 1.29 is 14.3 Å². The van der Waals surface area contributed by atoms with Crippen LogP contribution in [-0.4, -0.2) is 41.5 Å². The number of nitrogens with zero attached hydrogens (tertiary/aromatic N) is 2. The monoisotopic (exact) mass is 373 g/mol. The summed E-state index contributed by atoms with van der Waals surface area (Å²) in [7, 11) is 0. The maximum atomic E-state index is 12.4. The van der Waals surface area contributed by atoms with Gasteiger partial charge in [-0.3, -0.25) is 19.5 Å². The third kappa shape index (κ3) is 4.68. The summed E-state index contributed by atoms with van der Waals surface area (Å²) in [6.45, 7) is 3.80. The summed E-state index contributed by atoms with van der Waals surface area (Å²) in [4.78, 5) is 32.3. The number of pyridine rings is 1. The molecule has 0 unspecified atom stereocenters. The zero-order valence-electron chi connectivity index (χ0n) is 14.8. The second-order valence-electron chi connectivity index (χ2n) is 6.14. The summed E-state index contributed by atoms with van der Waals surface area (Å²) >= 11 is 1.49. The zero-order valence-corrected chi connectivity index (χ0v) is 15.6. The van der Waals surface area contributed by atoms with Crippen LogP contribution in [0, 0.1) is 0 Å². The highest BCUT2D eigenvalue weighted by Crippen LogP contribution is 2.35. The minimum atomic E-state index is -0.190. The molecule has 0 spiro atoms. The van der Waals surface area contributed by atoms with E-state index in [0.717, 1.165) is 30.0 Å². The molecule has 1 fully saturated rings. The minimum Gasteiger partial charge on any atom is -0.465 e. The predicted octanol–water partition coefficient (Wildman–Crippen LogP) is 2.77. The van der Waals surface area contributed by atoms with Crippen LogP contribution in [0.3, 0.4) is 0 Å². The summed E-state index contributed by atoms with van der Waals surface area (Å²) < 4.78 is 5.06. The summed E-state index contributed by atoms with van der Waals surface area (Å²) in [6.07, 6.45) is 3.75. The Balaban J connectivity index is 1.59. The summed E-state index contributed by atoms with van der Waals surface area (Å²) in [6, 6.07) is 9.66. The fraction of sp³-hybridized carbons (Fsp3) is 0.421. The zero-order chi connectivity index (χ0) is 18.4. The van der Waals surface area contributed by atoms with Crippen molar-refractivity contribution in [2.45, 2.75) is 32.4 Å². The van der Waals surface area contributed by atoms with E-state index in [-0.39, 0.29) is 17.9 Å². The van der Waals surface area contributed by atoms with E-state index in [1.165, 1.54) is 11.3 Å². The molecule has 3 heterocycles. The smallest absolute Gasteiger partial charge is 0.320 e. The highest BCUT2D eigenvalue weighted by atomic mass is 32.1. The lowest BCUT2D eigenvalue weighted by Crippen LogP contribution is -2.30. The van der Waals surface area contributed by atoms with Crippen LogP contribution in [0.25, 0.3) is 0 Å². The Labute approximate surface area is 157 Å². The maximum absolute atomic E-state index is 12.4. The van der Waals surface area contributed by atoms with Crippen LogP contribution in [0.1, 0.15) is 46.0 Å². The number of thiophene rings is 1. The van der Waals surface area contributed by atoms with Crippen molar-refractivity contribution in [2.24, 2.45) is 0 Å². The van der Waals surface area contributed by atoms with Gasteiger partial charge in [0.05, 0.1) is 30.3 Å². The van der Waals surface area contributed by atoms with Crippen molar-refractivity contribution in [3.63, 3.8) is 0 Å². The second-order valence-corrected chi connectivity index (χ2v) is 7.25. The van der Waals surface area contributed by atoms with Gasteiger partial charge in [0.2, 0.25) is 0 Å². The van der Waals surface area contributed by atoms with E-state index in [9.17, 15) is 9.59 Å². The number of esters is 1. The number of carbonyl (C=O) groups is 2. The molecule has 1 atom stereocenters. The summed E-state index contributed by atoms with van der Waals surface area (Å²) in [5, 5.41) is 2.90. The van der Waals surface area contributed by atoms with Gasteiger partial charge in [-0.05, 0) is 50.6 Å². The second kappa shape index (κ2) is 8.91. The normalized spacial score (nSPS) is 17.2. The van der Waals surface area contributed by atoms with E-state index in [2.05, 4.69) is 15.2 Å².